The minimum atomic E-state index is 1.12. The molecule has 0 radical (unpaired) electrons. The molecule has 0 nitrogen and oxygen atoms in total. The summed E-state index contributed by atoms with van der Waals surface area (Å²) >= 11 is 0. The minimum absolute atomic E-state index is 1.12. The molecule has 0 aromatic rings. The monoisotopic (exact) mass is 521 g/mol. The number of fused-ring (bicyclic) bond motifs is 2. The molecule has 0 aromatic heterocycles. The van der Waals surface area contributed by atoms with Crippen molar-refractivity contribution in [3.63, 3.8) is 0 Å². The van der Waals surface area contributed by atoms with Crippen LogP contribution >= 0.6 is 0 Å². The van der Waals surface area contributed by atoms with Gasteiger partial charge >= 0.3 is 0 Å². The fourth-order valence-corrected chi connectivity index (χ4v) is 13.5. The summed E-state index contributed by atoms with van der Waals surface area (Å²) < 4.78 is 0. The molecule has 216 valence electrons. The quantitative estimate of drug-likeness (QED) is 0.346. The van der Waals surface area contributed by atoms with Crippen LogP contribution in [-0.4, -0.2) is 0 Å². The lowest BCUT2D eigenvalue weighted by molar-refractivity contribution is -0.116. The summed E-state index contributed by atoms with van der Waals surface area (Å²) in [4.78, 5) is 0. The molecular weight excluding hydrogens is 456 g/mol. The first-order chi connectivity index (χ1) is 18.9. The van der Waals surface area contributed by atoms with Crippen molar-refractivity contribution in [3.05, 3.63) is 0 Å². The molecule has 0 saturated heterocycles. The molecule has 7 aliphatic carbocycles. The largest absolute Gasteiger partial charge is 0.0533 e. The van der Waals surface area contributed by atoms with E-state index in [1.165, 1.54) is 12.8 Å². The third-order valence-corrected chi connectivity index (χ3v) is 15.1. The Balaban J connectivity index is 1.05. The van der Waals surface area contributed by atoms with Crippen molar-refractivity contribution >= 4 is 0 Å². The van der Waals surface area contributed by atoms with E-state index in [0.717, 1.165) is 71.0 Å². The third kappa shape index (κ3) is 5.44. The zero-order valence-corrected chi connectivity index (χ0v) is 25.3. The van der Waals surface area contributed by atoms with Crippen LogP contribution in [0.15, 0.2) is 0 Å². The molecule has 0 aromatic carbocycles. The van der Waals surface area contributed by atoms with E-state index in [0.29, 0.717) is 0 Å². The van der Waals surface area contributed by atoms with Crippen molar-refractivity contribution in [2.75, 3.05) is 0 Å². The molecule has 38 heavy (non-hydrogen) atoms. The number of hydrogen-bond acceptors (Lipinski definition) is 0. The van der Waals surface area contributed by atoms with Crippen molar-refractivity contribution in [1.82, 2.24) is 0 Å². The summed E-state index contributed by atoms with van der Waals surface area (Å²) in [6.07, 6.45) is 41.4. The van der Waals surface area contributed by atoms with Gasteiger partial charge in [-0.15, -0.1) is 0 Å². The van der Waals surface area contributed by atoms with Crippen LogP contribution in [-0.2, 0) is 0 Å². The summed E-state index contributed by atoms with van der Waals surface area (Å²) in [6, 6.07) is 0. The fraction of sp³-hybridized carbons (Fsp3) is 1.00. The molecule has 4 unspecified atom stereocenters. The van der Waals surface area contributed by atoms with Gasteiger partial charge in [-0.05, 0) is 148 Å². The normalized spacial score (nSPS) is 47.7. The molecule has 0 aliphatic heterocycles. The zero-order valence-electron chi connectivity index (χ0n) is 25.3. The van der Waals surface area contributed by atoms with Crippen LogP contribution in [0.1, 0.15) is 167 Å². The van der Waals surface area contributed by atoms with Crippen LogP contribution in [0.4, 0.5) is 0 Å². The maximum Gasteiger partial charge on any atom is -0.0323 e. The van der Waals surface area contributed by atoms with Crippen LogP contribution in [0.25, 0.3) is 0 Å². The summed E-state index contributed by atoms with van der Waals surface area (Å²) in [7, 11) is 0. The maximum absolute atomic E-state index is 1.63. The number of hydrogen-bond donors (Lipinski definition) is 0. The lowest BCUT2D eigenvalue weighted by Crippen LogP contribution is -2.53. The topological polar surface area (TPSA) is 0 Å². The first-order valence-corrected chi connectivity index (χ1v) is 18.9. The molecular formula is C38H64. The standard InChI is InChI=1S/C38H64/c1-3-11-27(12-4-1)29-19-23-31(24-20-29)37-33-15-7-9-17-35(33)38(36-18-10-8-16-34(36)37)32-25-21-30(22-26-32)28-13-5-2-6-14-28/h27-38H,1-26H2. The van der Waals surface area contributed by atoms with E-state index in [2.05, 4.69) is 0 Å². The molecule has 0 N–H and O–H groups in total. The highest BCUT2D eigenvalue weighted by molar-refractivity contribution is 5.04. The van der Waals surface area contributed by atoms with Crippen molar-refractivity contribution in [1.29, 1.82) is 0 Å². The summed E-state index contributed by atoms with van der Waals surface area (Å²) in [6.45, 7) is 0. The second-order valence-electron chi connectivity index (χ2n) is 16.5. The first-order valence-electron chi connectivity index (χ1n) is 18.9. The Morgan fingerprint density at radius 2 is 0.421 bits per heavy atom. The average Bonchev–Trinajstić information content (AvgIpc) is 3.01. The van der Waals surface area contributed by atoms with Gasteiger partial charge in [-0.1, -0.05) is 89.9 Å². The first kappa shape index (κ1) is 26.9. The van der Waals surface area contributed by atoms with Crippen LogP contribution in [0.2, 0.25) is 0 Å². The second-order valence-corrected chi connectivity index (χ2v) is 16.5. The zero-order chi connectivity index (χ0) is 25.3. The van der Waals surface area contributed by atoms with E-state index in [-0.39, 0.29) is 0 Å². The molecule has 0 bridgehead atoms. The van der Waals surface area contributed by atoms with E-state index in [9.17, 15) is 0 Å². The van der Waals surface area contributed by atoms with E-state index >= 15 is 0 Å². The van der Waals surface area contributed by atoms with Crippen LogP contribution in [0, 0.1) is 71.0 Å². The molecule has 7 fully saturated rings. The SMILES string of the molecule is C1CCC(C2CCC(C3C4CCCCC4C(C4CCC(C5CCCCC5)CC4)C4CCCCC43)CC2)CC1. The molecule has 0 amide bonds. The Morgan fingerprint density at radius 3 is 0.737 bits per heavy atom. The molecule has 4 atom stereocenters. The molecule has 7 saturated carbocycles. The molecule has 7 aliphatic rings. The smallest absolute Gasteiger partial charge is 0.0323 e. The van der Waals surface area contributed by atoms with Crippen molar-refractivity contribution < 1.29 is 0 Å². The van der Waals surface area contributed by atoms with Gasteiger partial charge in [0, 0.05) is 0 Å². The van der Waals surface area contributed by atoms with Crippen LogP contribution < -0.4 is 0 Å². The molecule has 7 rings (SSSR count). The van der Waals surface area contributed by atoms with Gasteiger partial charge in [0.2, 0.25) is 0 Å². The van der Waals surface area contributed by atoms with E-state index in [4.69, 9.17) is 0 Å². The second kappa shape index (κ2) is 12.5. The lowest BCUT2D eigenvalue weighted by atomic mass is 9.45. The average molecular weight is 521 g/mol. The number of rotatable bonds is 4. The Labute approximate surface area is 237 Å². The van der Waals surface area contributed by atoms with Gasteiger partial charge in [-0.3, -0.25) is 0 Å². The van der Waals surface area contributed by atoms with Gasteiger partial charge < -0.3 is 0 Å². The van der Waals surface area contributed by atoms with Gasteiger partial charge in [-0.2, -0.15) is 0 Å². The van der Waals surface area contributed by atoms with Crippen LogP contribution in [0.3, 0.4) is 0 Å². The highest BCUT2D eigenvalue weighted by atomic mass is 14.6. The van der Waals surface area contributed by atoms with Gasteiger partial charge in [0.05, 0.1) is 0 Å². The van der Waals surface area contributed by atoms with Gasteiger partial charge in [0.25, 0.3) is 0 Å². The van der Waals surface area contributed by atoms with E-state index < -0.39 is 0 Å². The molecule has 0 heterocycles. The Bertz CT molecular complexity index is 624. The Morgan fingerprint density at radius 1 is 0.184 bits per heavy atom. The Hall–Kier alpha value is 0. The predicted octanol–water partition coefficient (Wildman–Crippen LogP) is 11.6. The summed E-state index contributed by atoms with van der Waals surface area (Å²) in [5.41, 5.74) is 0. The molecule has 0 spiro atoms. The lowest BCUT2D eigenvalue weighted by Gasteiger charge is -2.60. The predicted molar refractivity (Wildman–Crippen MR) is 162 cm³/mol. The summed E-state index contributed by atoms with van der Waals surface area (Å²) in [5.74, 6) is 13.6. The third-order valence-electron chi connectivity index (χ3n) is 15.1. The summed E-state index contributed by atoms with van der Waals surface area (Å²) in [5, 5.41) is 0. The van der Waals surface area contributed by atoms with E-state index in [1.54, 1.807) is 154 Å². The minimum Gasteiger partial charge on any atom is -0.0533 e. The molecule has 0 heteroatoms. The highest BCUT2D eigenvalue weighted by Gasteiger charge is 2.55. The Kier molecular flexibility index (Phi) is 8.82. The van der Waals surface area contributed by atoms with Crippen LogP contribution in [0.5, 0.6) is 0 Å². The van der Waals surface area contributed by atoms with Crippen molar-refractivity contribution in [2.24, 2.45) is 71.0 Å². The van der Waals surface area contributed by atoms with Gasteiger partial charge in [0.15, 0.2) is 0 Å². The van der Waals surface area contributed by atoms with Crippen molar-refractivity contribution in [2.45, 2.75) is 167 Å². The van der Waals surface area contributed by atoms with Gasteiger partial charge in [0.1, 0.15) is 0 Å². The van der Waals surface area contributed by atoms with E-state index in [1.807, 2.05) is 0 Å². The maximum atomic E-state index is 1.63. The van der Waals surface area contributed by atoms with Gasteiger partial charge in [-0.25, -0.2) is 0 Å². The fourth-order valence-electron chi connectivity index (χ4n) is 13.5. The van der Waals surface area contributed by atoms with Crippen molar-refractivity contribution in [3.8, 4) is 0 Å². The highest BCUT2D eigenvalue weighted by Crippen LogP contribution is 2.63.